The van der Waals surface area contributed by atoms with Gasteiger partial charge in [-0.05, 0) is 32.1 Å². The fraction of sp³-hybridized carbons (Fsp3) is 1.00. The van der Waals surface area contributed by atoms with Crippen LogP contribution in [0, 0.1) is 16.7 Å². The quantitative estimate of drug-likeness (QED) is 0.833. The molecule has 20 heavy (non-hydrogen) atoms. The van der Waals surface area contributed by atoms with Gasteiger partial charge in [-0.1, -0.05) is 34.6 Å². The predicted molar refractivity (Wildman–Crippen MR) is 84.7 cm³/mol. The molecule has 0 aromatic rings. The standard InChI is InChI=1S/C17H34N2O/c1-14(2,3)10-15(4,5)19-11-17(18)12-8-9-20-13(12)16(17,6)7/h12-13,19H,8-11,18H2,1-7H3. The lowest BCUT2D eigenvalue weighted by Gasteiger charge is -2.63. The topological polar surface area (TPSA) is 47.3 Å². The molecule has 1 heterocycles. The van der Waals surface area contributed by atoms with Crippen LogP contribution in [-0.4, -0.2) is 30.3 Å². The Kier molecular flexibility index (Phi) is 3.81. The molecular formula is C17H34N2O. The molecule has 0 aromatic heterocycles. The van der Waals surface area contributed by atoms with Crippen LogP contribution >= 0.6 is 0 Å². The third-order valence-electron chi connectivity index (χ3n) is 5.50. The van der Waals surface area contributed by atoms with Crippen molar-refractivity contribution in [2.45, 2.75) is 78.5 Å². The summed E-state index contributed by atoms with van der Waals surface area (Å²) < 4.78 is 5.87. The van der Waals surface area contributed by atoms with Gasteiger partial charge in [0.15, 0.2) is 0 Å². The average Bonchev–Trinajstić information content (AvgIpc) is 2.70. The Morgan fingerprint density at radius 3 is 2.35 bits per heavy atom. The summed E-state index contributed by atoms with van der Waals surface area (Å²) in [6.45, 7) is 17.7. The summed E-state index contributed by atoms with van der Waals surface area (Å²) in [7, 11) is 0. The van der Waals surface area contributed by atoms with Crippen molar-refractivity contribution in [3.8, 4) is 0 Å². The number of nitrogens with two attached hydrogens (primary N) is 1. The average molecular weight is 282 g/mol. The first-order valence-electron chi connectivity index (χ1n) is 8.05. The summed E-state index contributed by atoms with van der Waals surface area (Å²) in [5, 5.41) is 3.75. The summed E-state index contributed by atoms with van der Waals surface area (Å²) >= 11 is 0. The lowest BCUT2D eigenvalue weighted by molar-refractivity contribution is -0.155. The number of fused-ring (bicyclic) bond motifs is 1. The maximum atomic E-state index is 6.79. The van der Waals surface area contributed by atoms with Gasteiger partial charge in [0, 0.05) is 35.6 Å². The van der Waals surface area contributed by atoms with Crippen LogP contribution in [-0.2, 0) is 4.74 Å². The van der Waals surface area contributed by atoms with Crippen LogP contribution in [0.5, 0.6) is 0 Å². The van der Waals surface area contributed by atoms with E-state index in [0.717, 1.165) is 26.0 Å². The second-order valence-electron chi connectivity index (χ2n) is 9.42. The highest BCUT2D eigenvalue weighted by Gasteiger charge is 2.67. The minimum atomic E-state index is -0.136. The number of rotatable bonds is 4. The Balaban J connectivity index is 2.00. The molecule has 1 aliphatic heterocycles. The van der Waals surface area contributed by atoms with Crippen LogP contribution in [0.1, 0.15) is 61.3 Å². The van der Waals surface area contributed by atoms with E-state index < -0.39 is 0 Å². The fourth-order valence-electron chi connectivity index (χ4n) is 4.61. The minimum absolute atomic E-state index is 0.0684. The van der Waals surface area contributed by atoms with Gasteiger partial charge in [0.25, 0.3) is 0 Å². The van der Waals surface area contributed by atoms with Crippen molar-refractivity contribution in [3.63, 3.8) is 0 Å². The molecular weight excluding hydrogens is 248 g/mol. The van der Waals surface area contributed by atoms with Gasteiger partial charge in [0.05, 0.1) is 6.10 Å². The largest absolute Gasteiger partial charge is 0.377 e. The number of hydrogen-bond acceptors (Lipinski definition) is 3. The van der Waals surface area contributed by atoms with E-state index in [9.17, 15) is 0 Å². The molecule has 0 aromatic carbocycles. The van der Waals surface area contributed by atoms with Crippen LogP contribution < -0.4 is 11.1 Å². The van der Waals surface area contributed by atoms with Crippen molar-refractivity contribution < 1.29 is 4.74 Å². The zero-order valence-electron chi connectivity index (χ0n) is 14.5. The molecule has 3 unspecified atom stereocenters. The predicted octanol–water partition coefficient (Wildman–Crippen LogP) is 2.93. The van der Waals surface area contributed by atoms with E-state index in [0.29, 0.717) is 17.4 Å². The second-order valence-corrected chi connectivity index (χ2v) is 9.42. The third-order valence-corrected chi connectivity index (χ3v) is 5.50. The Bertz CT molecular complexity index is 370. The smallest absolute Gasteiger partial charge is 0.0691 e. The monoisotopic (exact) mass is 282 g/mol. The maximum absolute atomic E-state index is 6.79. The van der Waals surface area contributed by atoms with Crippen molar-refractivity contribution in [2.24, 2.45) is 22.5 Å². The lowest BCUT2D eigenvalue weighted by Crippen LogP contribution is -2.78. The van der Waals surface area contributed by atoms with Gasteiger partial charge in [-0.25, -0.2) is 0 Å². The Morgan fingerprint density at radius 2 is 1.80 bits per heavy atom. The summed E-state index contributed by atoms with van der Waals surface area (Å²) in [6, 6.07) is 0. The molecule has 1 aliphatic carbocycles. The molecule has 2 aliphatic rings. The molecule has 3 nitrogen and oxygen atoms in total. The second kappa shape index (κ2) is 4.69. The maximum Gasteiger partial charge on any atom is 0.0691 e. The van der Waals surface area contributed by atoms with Crippen LogP contribution in [0.3, 0.4) is 0 Å². The van der Waals surface area contributed by atoms with Gasteiger partial charge in [-0.15, -0.1) is 0 Å². The molecule has 3 atom stereocenters. The minimum Gasteiger partial charge on any atom is -0.377 e. The summed E-state index contributed by atoms with van der Waals surface area (Å²) in [6.07, 6.45) is 2.62. The number of ether oxygens (including phenoxy) is 1. The first kappa shape index (κ1) is 16.3. The molecule has 1 saturated heterocycles. The molecule has 118 valence electrons. The SMILES string of the molecule is CC(C)(C)CC(C)(C)NCC1(N)C2CCOC2C1(C)C. The number of hydrogen-bond donors (Lipinski definition) is 2. The normalized spacial score (nSPS) is 36.6. The highest BCUT2D eigenvalue weighted by atomic mass is 16.5. The van der Waals surface area contributed by atoms with Gasteiger partial charge in [0.2, 0.25) is 0 Å². The third kappa shape index (κ3) is 2.65. The molecule has 3 N–H and O–H groups in total. The molecule has 1 saturated carbocycles. The highest BCUT2D eigenvalue weighted by Crippen LogP contribution is 2.57. The van der Waals surface area contributed by atoms with Crippen LogP contribution in [0.2, 0.25) is 0 Å². The van der Waals surface area contributed by atoms with Crippen molar-refractivity contribution >= 4 is 0 Å². The fourth-order valence-corrected chi connectivity index (χ4v) is 4.61. The Hall–Kier alpha value is -0.120. The van der Waals surface area contributed by atoms with Gasteiger partial charge >= 0.3 is 0 Å². The molecule has 2 rings (SSSR count). The van der Waals surface area contributed by atoms with E-state index in [1.54, 1.807) is 0 Å². The zero-order chi connectivity index (χ0) is 15.4. The van der Waals surface area contributed by atoms with E-state index in [1.165, 1.54) is 0 Å². The van der Waals surface area contributed by atoms with Gasteiger partial charge in [0.1, 0.15) is 0 Å². The number of nitrogens with one attached hydrogen (secondary N) is 1. The molecule has 3 heteroatoms. The Labute approximate surface area is 125 Å². The van der Waals surface area contributed by atoms with E-state index in [4.69, 9.17) is 10.5 Å². The summed E-state index contributed by atoms with van der Waals surface area (Å²) in [5.74, 6) is 0.524. The van der Waals surface area contributed by atoms with E-state index in [-0.39, 0.29) is 16.5 Å². The molecule has 0 amide bonds. The molecule has 2 fully saturated rings. The van der Waals surface area contributed by atoms with Crippen LogP contribution in [0.4, 0.5) is 0 Å². The first-order chi connectivity index (χ1) is 8.89. The molecule has 0 spiro atoms. The molecule has 0 bridgehead atoms. The first-order valence-corrected chi connectivity index (χ1v) is 8.05. The van der Waals surface area contributed by atoms with E-state index in [2.05, 4.69) is 53.8 Å². The summed E-state index contributed by atoms with van der Waals surface area (Å²) in [5.41, 5.74) is 7.17. The zero-order valence-corrected chi connectivity index (χ0v) is 14.5. The van der Waals surface area contributed by atoms with Crippen molar-refractivity contribution in [1.82, 2.24) is 5.32 Å². The van der Waals surface area contributed by atoms with Gasteiger partial charge < -0.3 is 15.8 Å². The van der Waals surface area contributed by atoms with E-state index >= 15 is 0 Å². The van der Waals surface area contributed by atoms with Gasteiger partial charge in [-0.2, -0.15) is 0 Å². The van der Waals surface area contributed by atoms with Crippen LogP contribution in [0.15, 0.2) is 0 Å². The van der Waals surface area contributed by atoms with Crippen LogP contribution in [0.25, 0.3) is 0 Å². The van der Waals surface area contributed by atoms with Gasteiger partial charge in [-0.3, -0.25) is 0 Å². The lowest BCUT2D eigenvalue weighted by atomic mass is 9.48. The Morgan fingerprint density at radius 1 is 1.20 bits per heavy atom. The van der Waals surface area contributed by atoms with Crippen molar-refractivity contribution in [3.05, 3.63) is 0 Å². The summed E-state index contributed by atoms with van der Waals surface area (Å²) in [4.78, 5) is 0. The highest BCUT2D eigenvalue weighted by molar-refractivity contribution is 5.21. The molecule has 0 radical (unpaired) electrons. The van der Waals surface area contributed by atoms with Crippen molar-refractivity contribution in [2.75, 3.05) is 13.2 Å². The van der Waals surface area contributed by atoms with Crippen molar-refractivity contribution in [1.29, 1.82) is 0 Å². The van der Waals surface area contributed by atoms with E-state index in [1.807, 2.05) is 0 Å².